The van der Waals surface area contributed by atoms with Crippen LogP contribution in [-0.4, -0.2) is 19.8 Å². The molecule has 0 aliphatic heterocycles. The van der Waals surface area contributed by atoms with Crippen molar-refractivity contribution in [2.24, 2.45) is 5.73 Å². The molecule has 0 saturated carbocycles. The van der Waals surface area contributed by atoms with Crippen molar-refractivity contribution in [3.8, 4) is 12.3 Å². The first-order valence-electron chi connectivity index (χ1n) is 4.13. The zero-order valence-electron chi connectivity index (χ0n) is 7.60. The minimum absolute atomic E-state index is 0.663. The second kappa shape index (κ2) is 16.2. The Kier molecular flexibility index (Phi) is 19.3. The first kappa shape index (κ1) is 13.1. The van der Waals surface area contributed by atoms with Gasteiger partial charge in [0.25, 0.3) is 0 Å². The van der Waals surface area contributed by atoms with Crippen LogP contribution in [0.2, 0.25) is 0 Å². The van der Waals surface area contributed by atoms with Gasteiger partial charge >= 0.3 is 0 Å². The Morgan fingerprint density at radius 1 is 1.36 bits per heavy atom. The summed E-state index contributed by atoms with van der Waals surface area (Å²) in [4.78, 5) is 0. The largest absolute Gasteiger partial charge is 0.380 e. The monoisotopic (exact) mass is 157 g/mol. The predicted molar refractivity (Wildman–Crippen MR) is 49.3 cm³/mol. The summed E-state index contributed by atoms with van der Waals surface area (Å²) >= 11 is 0. The molecular weight excluding hydrogens is 138 g/mol. The average molecular weight is 157 g/mol. The SMILES string of the molecule is C#CCCOCCCN.CC. The Bertz CT molecular complexity index is 86.1. The number of ether oxygens (including phenoxy) is 1. The maximum atomic E-state index is 5.22. The van der Waals surface area contributed by atoms with Crippen molar-refractivity contribution in [1.82, 2.24) is 0 Å². The van der Waals surface area contributed by atoms with Crippen LogP contribution in [0, 0.1) is 12.3 Å². The number of nitrogens with two attached hydrogens (primary N) is 1. The molecule has 0 bridgehead atoms. The standard InChI is InChI=1S/C7H13NO.C2H6/c1-2-3-6-9-7-4-5-8;1-2/h1H,3-8H2;1-2H3. The first-order valence-corrected chi connectivity index (χ1v) is 4.13. The summed E-state index contributed by atoms with van der Waals surface area (Å²) in [6.07, 6.45) is 6.61. The number of hydrogen-bond acceptors (Lipinski definition) is 2. The maximum Gasteiger partial charge on any atom is 0.0575 e. The molecule has 0 fully saturated rings. The van der Waals surface area contributed by atoms with Gasteiger partial charge in [-0.3, -0.25) is 0 Å². The normalized spacial score (nSPS) is 7.82. The second-order valence-corrected chi connectivity index (χ2v) is 1.71. The lowest BCUT2D eigenvalue weighted by Crippen LogP contribution is -2.04. The molecule has 0 atom stereocenters. The lowest BCUT2D eigenvalue weighted by atomic mass is 10.4. The minimum atomic E-state index is 0.663. The highest BCUT2D eigenvalue weighted by Crippen LogP contribution is 1.81. The highest BCUT2D eigenvalue weighted by molar-refractivity contribution is 4.82. The zero-order valence-corrected chi connectivity index (χ0v) is 7.60. The van der Waals surface area contributed by atoms with Crippen LogP contribution in [0.1, 0.15) is 26.7 Å². The van der Waals surface area contributed by atoms with E-state index in [1.807, 2.05) is 13.8 Å². The zero-order chi connectivity index (χ0) is 8.95. The number of terminal acetylenes is 1. The fourth-order valence-corrected chi connectivity index (χ4v) is 0.419. The van der Waals surface area contributed by atoms with Gasteiger partial charge in [-0.15, -0.1) is 12.3 Å². The summed E-state index contributed by atoms with van der Waals surface area (Å²) < 4.78 is 5.09. The van der Waals surface area contributed by atoms with E-state index in [4.69, 9.17) is 16.9 Å². The van der Waals surface area contributed by atoms with Crippen molar-refractivity contribution in [1.29, 1.82) is 0 Å². The third-order valence-corrected chi connectivity index (χ3v) is 0.884. The quantitative estimate of drug-likeness (QED) is 0.483. The molecule has 0 aliphatic rings. The summed E-state index contributed by atoms with van der Waals surface area (Å²) in [5.74, 6) is 2.49. The van der Waals surface area contributed by atoms with Crippen LogP contribution < -0.4 is 5.73 Å². The van der Waals surface area contributed by atoms with E-state index in [0.717, 1.165) is 13.0 Å². The molecule has 2 nitrogen and oxygen atoms in total. The van der Waals surface area contributed by atoms with E-state index in [1.165, 1.54) is 0 Å². The molecule has 2 heteroatoms. The van der Waals surface area contributed by atoms with Gasteiger partial charge in [-0.05, 0) is 13.0 Å². The van der Waals surface area contributed by atoms with Crippen molar-refractivity contribution in [3.63, 3.8) is 0 Å². The molecule has 0 radical (unpaired) electrons. The van der Waals surface area contributed by atoms with E-state index in [2.05, 4.69) is 5.92 Å². The smallest absolute Gasteiger partial charge is 0.0575 e. The number of hydrogen-bond donors (Lipinski definition) is 1. The average Bonchev–Trinajstić information content (AvgIpc) is 2.08. The summed E-state index contributed by atoms with van der Waals surface area (Å²) in [6, 6.07) is 0. The highest BCUT2D eigenvalue weighted by atomic mass is 16.5. The lowest BCUT2D eigenvalue weighted by molar-refractivity contribution is 0.139. The van der Waals surface area contributed by atoms with Gasteiger partial charge in [-0.1, -0.05) is 13.8 Å². The molecular formula is C9H19NO. The van der Waals surface area contributed by atoms with E-state index in [-0.39, 0.29) is 0 Å². The molecule has 66 valence electrons. The fourth-order valence-electron chi connectivity index (χ4n) is 0.419. The topological polar surface area (TPSA) is 35.2 Å². The Morgan fingerprint density at radius 3 is 2.45 bits per heavy atom. The molecule has 0 heterocycles. The fraction of sp³-hybridized carbons (Fsp3) is 0.778. The summed E-state index contributed by atoms with van der Waals surface area (Å²) in [5, 5.41) is 0. The van der Waals surface area contributed by atoms with Gasteiger partial charge in [0.2, 0.25) is 0 Å². The van der Waals surface area contributed by atoms with Gasteiger partial charge in [-0.25, -0.2) is 0 Å². The van der Waals surface area contributed by atoms with Gasteiger partial charge < -0.3 is 10.5 Å². The summed E-state index contributed by atoms with van der Waals surface area (Å²) in [5.41, 5.74) is 5.22. The van der Waals surface area contributed by atoms with E-state index in [1.54, 1.807) is 0 Å². The summed E-state index contributed by atoms with van der Waals surface area (Å²) in [7, 11) is 0. The van der Waals surface area contributed by atoms with Crippen LogP contribution in [0.15, 0.2) is 0 Å². The van der Waals surface area contributed by atoms with Crippen LogP contribution in [0.25, 0.3) is 0 Å². The van der Waals surface area contributed by atoms with Gasteiger partial charge in [0.1, 0.15) is 0 Å². The lowest BCUT2D eigenvalue weighted by Gasteiger charge is -1.97. The highest BCUT2D eigenvalue weighted by Gasteiger charge is 1.83. The Hall–Kier alpha value is -0.520. The van der Waals surface area contributed by atoms with Crippen LogP contribution >= 0.6 is 0 Å². The molecule has 0 aromatic heterocycles. The third kappa shape index (κ3) is 17.7. The molecule has 0 aliphatic carbocycles. The van der Waals surface area contributed by atoms with Crippen molar-refractivity contribution >= 4 is 0 Å². The van der Waals surface area contributed by atoms with Gasteiger partial charge in [0, 0.05) is 13.0 Å². The van der Waals surface area contributed by atoms with E-state index >= 15 is 0 Å². The molecule has 0 aromatic rings. The van der Waals surface area contributed by atoms with Gasteiger partial charge in [0.05, 0.1) is 6.61 Å². The van der Waals surface area contributed by atoms with Crippen LogP contribution in [-0.2, 0) is 4.74 Å². The van der Waals surface area contributed by atoms with Crippen molar-refractivity contribution in [2.75, 3.05) is 19.8 Å². The van der Waals surface area contributed by atoms with Crippen molar-refractivity contribution in [2.45, 2.75) is 26.7 Å². The summed E-state index contributed by atoms with van der Waals surface area (Å²) in [6.45, 7) is 6.09. The van der Waals surface area contributed by atoms with Gasteiger partial charge in [0.15, 0.2) is 0 Å². The molecule has 0 aromatic carbocycles. The molecule has 0 unspecified atom stereocenters. The van der Waals surface area contributed by atoms with Crippen LogP contribution in [0.5, 0.6) is 0 Å². The molecule has 11 heavy (non-hydrogen) atoms. The first-order chi connectivity index (χ1) is 5.41. The molecule has 0 amide bonds. The molecule has 0 saturated heterocycles. The second-order valence-electron chi connectivity index (χ2n) is 1.71. The Labute approximate surface area is 70.1 Å². The Morgan fingerprint density at radius 2 is 2.00 bits per heavy atom. The Balaban J connectivity index is 0. The van der Waals surface area contributed by atoms with E-state index in [0.29, 0.717) is 19.6 Å². The van der Waals surface area contributed by atoms with Crippen LogP contribution in [0.3, 0.4) is 0 Å². The van der Waals surface area contributed by atoms with Crippen molar-refractivity contribution in [3.05, 3.63) is 0 Å². The molecule has 0 rings (SSSR count). The molecule has 0 spiro atoms. The third-order valence-electron chi connectivity index (χ3n) is 0.884. The van der Waals surface area contributed by atoms with E-state index < -0.39 is 0 Å². The van der Waals surface area contributed by atoms with Crippen molar-refractivity contribution < 1.29 is 4.74 Å². The van der Waals surface area contributed by atoms with Crippen LogP contribution in [0.4, 0.5) is 0 Å². The van der Waals surface area contributed by atoms with Gasteiger partial charge in [-0.2, -0.15) is 0 Å². The maximum absolute atomic E-state index is 5.22. The molecule has 2 N–H and O–H groups in total. The minimum Gasteiger partial charge on any atom is -0.380 e. The van der Waals surface area contributed by atoms with E-state index in [9.17, 15) is 0 Å². The predicted octanol–water partition coefficient (Wildman–Crippen LogP) is 1.40. The number of rotatable bonds is 5.